The van der Waals surface area contributed by atoms with Crippen molar-refractivity contribution in [3.63, 3.8) is 0 Å². The van der Waals surface area contributed by atoms with Gasteiger partial charge in [0.15, 0.2) is 0 Å². The van der Waals surface area contributed by atoms with Gasteiger partial charge in [-0.1, -0.05) is 25.7 Å². The molecule has 0 unspecified atom stereocenters. The first-order chi connectivity index (χ1) is 9.72. The highest BCUT2D eigenvalue weighted by Gasteiger charge is 2.42. The highest BCUT2D eigenvalue weighted by Crippen LogP contribution is 2.36. The molecule has 0 aromatic heterocycles. The molecule has 2 aliphatic rings. The van der Waals surface area contributed by atoms with Gasteiger partial charge < -0.3 is 10.0 Å². The smallest absolute Gasteiger partial charge is 0.243 e. The molecule has 1 saturated carbocycles. The molecule has 0 radical (unpaired) electrons. The molecule has 20 heavy (non-hydrogen) atoms. The third-order valence-corrected chi connectivity index (χ3v) is 4.66. The van der Waals surface area contributed by atoms with E-state index in [1.165, 1.54) is 0 Å². The number of carbonyl (C=O) groups is 1. The van der Waals surface area contributed by atoms with Crippen molar-refractivity contribution in [1.82, 2.24) is 9.80 Å². The molecule has 112 valence electrons. The predicted octanol–water partition coefficient (Wildman–Crippen LogP) is 0.987. The maximum Gasteiger partial charge on any atom is 0.243 e. The van der Waals surface area contributed by atoms with E-state index in [4.69, 9.17) is 5.11 Å². The van der Waals surface area contributed by atoms with E-state index in [1.54, 1.807) is 0 Å². The number of nitriles is 1. The largest absolute Gasteiger partial charge is 0.395 e. The second-order valence-electron chi connectivity index (χ2n) is 5.97. The van der Waals surface area contributed by atoms with Gasteiger partial charge in [-0.2, -0.15) is 5.26 Å². The summed E-state index contributed by atoms with van der Waals surface area (Å²) < 4.78 is 0. The van der Waals surface area contributed by atoms with Gasteiger partial charge in [-0.15, -0.1) is 0 Å². The fourth-order valence-corrected chi connectivity index (χ4v) is 3.32. The average Bonchev–Trinajstić information content (AvgIpc) is 2.74. The fourth-order valence-electron chi connectivity index (χ4n) is 3.32. The Morgan fingerprint density at radius 2 is 1.70 bits per heavy atom. The Labute approximate surface area is 121 Å². The van der Waals surface area contributed by atoms with E-state index < -0.39 is 5.41 Å². The van der Waals surface area contributed by atoms with Crippen LogP contribution in [0.25, 0.3) is 0 Å². The summed E-state index contributed by atoms with van der Waals surface area (Å²) in [6, 6.07) is 2.35. The first-order valence-electron chi connectivity index (χ1n) is 7.76. The maximum atomic E-state index is 12.8. The van der Waals surface area contributed by atoms with Gasteiger partial charge in [-0.05, 0) is 12.8 Å². The van der Waals surface area contributed by atoms with E-state index in [2.05, 4.69) is 11.0 Å². The van der Waals surface area contributed by atoms with Crippen LogP contribution in [-0.4, -0.2) is 60.1 Å². The van der Waals surface area contributed by atoms with Crippen LogP contribution < -0.4 is 0 Å². The molecule has 1 N–H and O–H groups in total. The number of aliphatic hydroxyl groups is 1. The van der Waals surface area contributed by atoms with E-state index in [0.29, 0.717) is 19.6 Å². The number of carbonyl (C=O) groups excluding carboxylic acids is 1. The molecular formula is C15H25N3O2. The predicted molar refractivity (Wildman–Crippen MR) is 75.9 cm³/mol. The van der Waals surface area contributed by atoms with E-state index in [9.17, 15) is 10.1 Å². The van der Waals surface area contributed by atoms with Crippen LogP contribution in [0.15, 0.2) is 0 Å². The normalized spacial score (nSPS) is 23.9. The summed E-state index contributed by atoms with van der Waals surface area (Å²) in [6.45, 7) is 3.80. The van der Waals surface area contributed by atoms with Crippen LogP contribution in [0.3, 0.4) is 0 Å². The molecule has 0 bridgehead atoms. The summed E-state index contributed by atoms with van der Waals surface area (Å²) in [5.74, 6) is 0.0468. The molecule has 1 saturated heterocycles. The Morgan fingerprint density at radius 3 is 2.20 bits per heavy atom. The monoisotopic (exact) mass is 279 g/mol. The van der Waals surface area contributed by atoms with Crippen LogP contribution in [0.2, 0.25) is 0 Å². The van der Waals surface area contributed by atoms with Crippen molar-refractivity contribution in [2.24, 2.45) is 5.41 Å². The zero-order chi connectivity index (χ0) is 14.4. The number of piperazine rings is 1. The number of rotatable bonds is 3. The highest BCUT2D eigenvalue weighted by atomic mass is 16.3. The minimum atomic E-state index is -0.768. The molecule has 1 amide bonds. The minimum Gasteiger partial charge on any atom is -0.395 e. The Balaban J connectivity index is 1.97. The molecule has 0 aromatic carbocycles. The second-order valence-corrected chi connectivity index (χ2v) is 5.97. The van der Waals surface area contributed by atoms with Gasteiger partial charge in [0.1, 0.15) is 5.41 Å². The number of β-amino-alcohol motifs (C(OH)–C–C–N with tert-alkyl or cyclic N) is 1. The molecule has 2 fully saturated rings. The molecule has 0 atom stereocenters. The quantitative estimate of drug-likeness (QED) is 0.782. The Hall–Kier alpha value is -1.12. The summed E-state index contributed by atoms with van der Waals surface area (Å²) >= 11 is 0. The van der Waals surface area contributed by atoms with Gasteiger partial charge in [0.05, 0.1) is 12.7 Å². The number of nitrogens with zero attached hydrogens (tertiary/aromatic N) is 3. The maximum absolute atomic E-state index is 12.8. The average molecular weight is 279 g/mol. The van der Waals surface area contributed by atoms with Crippen LogP contribution in [0.5, 0.6) is 0 Å². The van der Waals surface area contributed by atoms with Crippen LogP contribution in [0.1, 0.15) is 38.5 Å². The summed E-state index contributed by atoms with van der Waals surface area (Å²) in [5, 5.41) is 18.5. The standard InChI is InChI=1S/C15H25N3O2/c16-13-15(5-3-1-2-4-6-15)14(20)18-9-7-17(8-10-18)11-12-19/h19H,1-12H2. The van der Waals surface area contributed by atoms with E-state index in [1.807, 2.05) is 4.90 Å². The lowest BCUT2D eigenvalue weighted by molar-refractivity contribution is -0.141. The minimum absolute atomic E-state index is 0.0468. The molecule has 5 heteroatoms. The molecule has 2 rings (SSSR count). The molecule has 1 aliphatic heterocycles. The van der Waals surface area contributed by atoms with Crippen molar-refractivity contribution in [2.45, 2.75) is 38.5 Å². The molecular weight excluding hydrogens is 254 g/mol. The Kier molecular flexibility index (Phi) is 5.38. The van der Waals surface area contributed by atoms with E-state index in [0.717, 1.165) is 51.6 Å². The van der Waals surface area contributed by atoms with Gasteiger partial charge in [-0.3, -0.25) is 9.69 Å². The van der Waals surface area contributed by atoms with Gasteiger partial charge in [0.25, 0.3) is 0 Å². The summed E-state index contributed by atoms with van der Waals surface area (Å²) in [4.78, 5) is 16.8. The lowest BCUT2D eigenvalue weighted by Gasteiger charge is -2.38. The van der Waals surface area contributed by atoms with Crippen molar-refractivity contribution in [2.75, 3.05) is 39.3 Å². The van der Waals surface area contributed by atoms with Crippen LogP contribution in [-0.2, 0) is 4.79 Å². The first-order valence-corrected chi connectivity index (χ1v) is 7.76. The van der Waals surface area contributed by atoms with Crippen LogP contribution in [0.4, 0.5) is 0 Å². The van der Waals surface area contributed by atoms with Gasteiger partial charge in [0.2, 0.25) is 5.91 Å². The van der Waals surface area contributed by atoms with Crippen molar-refractivity contribution < 1.29 is 9.90 Å². The molecule has 1 aliphatic carbocycles. The van der Waals surface area contributed by atoms with Gasteiger partial charge in [-0.25, -0.2) is 0 Å². The lowest BCUT2D eigenvalue weighted by Crippen LogP contribution is -2.53. The molecule has 0 spiro atoms. The summed E-state index contributed by atoms with van der Waals surface area (Å²) in [5.41, 5.74) is -0.768. The highest BCUT2D eigenvalue weighted by molar-refractivity contribution is 5.85. The third kappa shape index (κ3) is 3.31. The van der Waals surface area contributed by atoms with Crippen molar-refractivity contribution in [3.05, 3.63) is 0 Å². The Bertz CT molecular complexity index is 362. The Morgan fingerprint density at radius 1 is 1.10 bits per heavy atom. The molecule has 5 nitrogen and oxygen atoms in total. The zero-order valence-corrected chi connectivity index (χ0v) is 12.2. The van der Waals surface area contributed by atoms with Gasteiger partial charge >= 0.3 is 0 Å². The fraction of sp³-hybridized carbons (Fsp3) is 0.867. The molecule has 0 aromatic rings. The summed E-state index contributed by atoms with van der Waals surface area (Å²) in [7, 11) is 0. The van der Waals surface area contributed by atoms with E-state index >= 15 is 0 Å². The number of hydrogen-bond donors (Lipinski definition) is 1. The number of aliphatic hydroxyl groups excluding tert-OH is 1. The van der Waals surface area contributed by atoms with E-state index in [-0.39, 0.29) is 12.5 Å². The van der Waals surface area contributed by atoms with Crippen molar-refractivity contribution in [3.8, 4) is 6.07 Å². The lowest BCUT2D eigenvalue weighted by atomic mass is 9.80. The third-order valence-electron chi connectivity index (χ3n) is 4.66. The van der Waals surface area contributed by atoms with Gasteiger partial charge in [0, 0.05) is 32.7 Å². The number of amides is 1. The molecule has 1 heterocycles. The van der Waals surface area contributed by atoms with Crippen LogP contribution in [0, 0.1) is 16.7 Å². The first kappa shape index (κ1) is 15.3. The number of hydrogen-bond acceptors (Lipinski definition) is 4. The SMILES string of the molecule is N#CC1(C(=O)N2CCN(CCO)CC2)CCCCCC1. The van der Waals surface area contributed by atoms with Crippen LogP contribution >= 0.6 is 0 Å². The summed E-state index contributed by atoms with van der Waals surface area (Å²) in [6.07, 6.45) is 5.70. The van der Waals surface area contributed by atoms with Crippen molar-refractivity contribution in [1.29, 1.82) is 5.26 Å². The second kappa shape index (κ2) is 7.05. The van der Waals surface area contributed by atoms with Crippen molar-refractivity contribution >= 4 is 5.91 Å². The zero-order valence-electron chi connectivity index (χ0n) is 12.2. The topological polar surface area (TPSA) is 67.6 Å².